The van der Waals surface area contributed by atoms with Gasteiger partial charge in [-0.15, -0.1) is 5.10 Å². The molecular weight excluding hydrogens is 470 g/mol. The van der Waals surface area contributed by atoms with Crippen LogP contribution in [0.5, 0.6) is 0 Å². The number of aromatic nitrogens is 3. The summed E-state index contributed by atoms with van der Waals surface area (Å²) in [6, 6.07) is 1.04. The predicted molar refractivity (Wildman–Crippen MR) is 107 cm³/mol. The van der Waals surface area contributed by atoms with Gasteiger partial charge in [0.2, 0.25) is 5.91 Å². The van der Waals surface area contributed by atoms with Crippen LogP contribution in [-0.4, -0.2) is 75.2 Å². The van der Waals surface area contributed by atoms with Crippen LogP contribution in [0.25, 0.3) is 17.6 Å². The van der Waals surface area contributed by atoms with Crippen molar-refractivity contribution in [1.29, 1.82) is 0 Å². The van der Waals surface area contributed by atoms with E-state index in [1.165, 1.54) is 10.0 Å². The minimum Gasteiger partial charge on any atom is -0.308 e. The summed E-state index contributed by atoms with van der Waals surface area (Å²) in [7, 11) is 3.63. The Kier molecular flexibility index (Phi) is 7.00. The van der Waals surface area contributed by atoms with Crippen molar-refractivity contribution in [3.05, 3.63) is 41.7 Å². The first-order chi connectivity index (χ1) is 15.8. The Labute approximate surface area is 190 Å². The zero-order valence-corrected chi connectivity index (χ0v) is 18.1. The molecule has 1 aliphatic rings. The normalized spacial score (nSPS) is 15.3. The number of benzene rings is 1. The zero-order valence-electron chi connectivity index (χ0n) is 18.1. The van der Waals surface area contributed by atoms with Crippen molar-refractivity contribution in [1.82, 2.24) is 29.7 Å². The smallest absolute Gasteiger partial charge is 0.308 e. The summed E-state index contributed by atoms with van der Waals surface area (Å²) in [5.41, 5.74) is -3.47. The van der Waals surface area contributed by atoms with E-state index in [-0.39, 0.29) is 24.9 Å². The largest absolute Gasteiger partial charge is 0.416 e. The van der Waals surface area contributed by atoms with Crippen LogP contribution in [-0.2, 0) is 21.9 Å². The van der Waals surface area contributed by atoms with E-state index in [9.17, 15) is 35.9 Å². The van der Waals surface area contributed by atoms with Gasteiger partial charge < -0.3 is 4.90 Å². The molecule has 14 heteroatoms. The first-order valence-corrected chi connectivity index (χ1v) is 9.91. The van der Waals surface area contributed by atoms with E-state index in [0.717, 1.165) is 23.3 Å². The van der Waals surface area contributed by atoms with Crippen molar-refractivity contribution in [2.24, 2.45) is 0 Å². The Balaban J connectivity index is 1.80. The molecule has 1 aliphatic heterocycles. The predicted octanol–water partition coefficient (Wildman–Crippen LogP) is 2.99. The summed E-state index contributed by atoms with van der Waals surface area (Å²) >= 11 is 0. The number of hydrogen-bond donors (Lipinski definition) is 0. The Hall–Kier alpha value is -3.42. The van der Waals surface area contributed by atoms with Gasteiger partial charge >= 0.3 is 12.4 Å². The third-order valence-electron chi connectivity index (χ3n) is 4.85. The van der Waals surface area contributed by atoms with Crippen LogP contribution < -0.4 is 0 Å². The number of nitrogens with zero attached hydrogens (tertiary/aromatic N) is 6. The molecule has 8 nitrogen and oxygen atoms in total. The Morgan fingerprint density at radius 2 is 1.71 bits per heavy atom. The maximum Gasteiger partial charge on any atom is 0.416 e. The second-order valence-electron chi connectivity index (χ2n) is 7.69. The number of rotatable bonds is 6. The molecule has 3 rings (SSSR count). The SMILES string of the molecule is CN(C)CCN1C(=O)CCN1C(=O)/C=C\n1cnc(-c2cc(C(F)(F)F)cc(C(F)(F)F)c2)n1. The van der Waals surface area contributed by atoms with Gasteiger partial charge in [0.15, 0.2) is 5.82 Å². The first-order valence-electron chi connectivity index (χ1n) is 9.91. The number of likely N-dealkylation sites (N-methyl/N-ethyl adjacent to an activating group) is 1. The lowest BCUT2D eigenvalue weighted by atomic mass is 10.0. The standard InChI is InChI=1S/C20H20F6N6O2/c1-29(2)7-8-32-17(34)4-6-31(32)16(33)3-5-30-12-27-18(28-30)13-9-14(19(21,22)23)11-15(10-13)20(24,25)26/h3,5,9-12H,4,6-8H2,1-2H3/b5-3-. The number of hydrogen-bond acceptors (Lipinski definition) is 5. The van der Waals surface area contributed by atoms with Gasteiger partial charge in [0, 0.05) is 30.8 Å². The van der Waals surface area contributed by atoms with Crippen LogP contribution in [0.3, 0.4) is 0 Å². The average molecular weight is 490 g/mol. The van der Waals surface area contributed by atoms with Crippen LogP contribution in [0, 0.1) is 0 Å². The minimum atomic E-state index is -5.00. The lowest BCUT2D eigenvalue weighted by molar-refractivity contribution is -0.150. The summed E-state index contributed by atoms with van der Waals surface area (Å²) in [6.07, 6.45) is -6.59. The molecule has 1 fully saturated rings. The Bertz CT molecular complexity index is 1060. The van der Waals surface area contributed by atoms with Crippen LogP contribution in [0.1, 0.15) is 17.5 Å². The van der Waals surface area contributed by atoms with Gasteiger partial charge in [-0.2, -0.15) is 26.3 Å². The molecule has 0 aliphatic carbocycles. The van der Waals surface area contributed by atoms with E-state index in [1.54, 1.807) is 0 Å². The van der Waals surface area contributed by atoms with Crippen LogP contribution in [0.15, 0.2) is 30.6 Å². The molecule has 0 bridgehead atoms. The molecule has 0 N–H and O–H groups in total. The molecule has 0 spiro atoms. The van der Waals surface area contributed by atoms with Crippen LogP contribution >= 0.6 is 0 Å². The molecule has 0 radical (unpaired) electrons. The molecule has 0 saturated carbocycles. The van der Waals surface area contributed by atoms with Gasteiger partial charge in [0.1, 0.15) is 6.33 Å². The number of hydrazine groups is 1. The summed E-state index contributed by atoms with van der Waals surface area (Å²) in [5, 5.41) is 6.42. The highest BCUT2D eigenvalue weighted by Gasteiger charge is 2.37. The third kappa shape index (κ3) is 5.92. The van der Waals surface area contributed by atoms with Crippen molar-refractivity contribution < 1.29 is 35.9 Å². The van der Waals surface area contributed by atoms with E-state index in [4.69, 9.17) is 0 Å². The molecule has 0 unspecified atom stereocenters. The second-order valence-corrected chi connectivity index (χ2v) is 7.69. The number of halogens is 6. The van der Waals surface area contributed by atoms with Crippen molar-refractivity contribution in [2.45, 2.75) is 18.8 Å². The minimum absolute atomic E-state index is 0.0124. The fourth-order valence-corrected chi connectivity index (χ4v) is 3.14. The first kappa shape index (κ1) is 25.2. The second kappa shape index (κ2) is 9.44. The van der Waals surface area contributed by atoms with Crippen molar-refractivity contribution in [2.75, 3.05) is 33.7 Å². The zero-order chi connectivity index (χ0) is 25.3. The lowest BCUT2D eigenvalue weighted by Crippen LogP contribution is -2.45. The number of alkyl halides is 6. The summed E-state index contributed by atoms with van der Waals surface area (Å²) in [4.78, 5) is 30.2. The quantitative estimate of drug-likeness (QED) is 0.460. The van der Waals surface area contributed by atoms with Gasteiger partial charge in [-0.3, -0.25) is 9.59 Å². The Morgan fingerprint density at radius 3 is 2.26 bits per heavy atom. The van der Waals surface area contributed by atoms with Crippen molar-refractivity contribution in [3.63, 3.8) is 0 Å². The molecule has 0 atom stereocenters. The van der Waals surface area contributed by atoms with E-state index in [1.807, 2.05) is 19.0 Å². The van der Waals surface area contributed by atoms with E-state index < -0.39 is 40.8 Å². The molecule has 1 aromatic heterocycles. The molecular formula is C20H20F6N6O2. The fourth-order valence-electron chi connectivity index (χ4n) is 3.14. The molecule has 2 heterocycles. The van der Waals surface area contributed by atoms with Crippen molar-refractivity contribution >= 4 is 18.0 Å². The molecule has 1 aromatic carbocycles. The maximum absolute atomic E-state index is 13.1. The highest BCUT2D eigenvalue weighted by Crippen LogP contribution is 2.38. The van der Waals surface area contributed by atoms with Crippen molar-refractivity contribution in [3.8, 4) is 11.4 Å². The van der Waals surface area contributed by atoms with Crippen LogP contribution in [0.4, 0.5) is 26.3 Å². The topological polar surface area (TPSA) is 74.6 Å². The van der Waals surface area contributed by atoms with Gasteiger partial charge in [-0.25, -0.2) is 19.7 Å². The van der Waals surface area contributed by atoms with Crippen LogP contribution in [0.2, 0.25) is 0 Å². The van der Waals surface area contributed by atoms with E-state index >= 15 is 0 Å². The molecule has 1 saturated heterocycles. The van der Waals surface area contributed by atoms with E-state index in [2.05, 4.69) is 10.1 Å². The number of amides is 2. The molecule has 184 valence electrons. The fraction of sp³-hybridized carbons (Fsp3) is 0.400. The highest BCUT2D eigenvalue weighted by molar-refractivity contribution is 5.93. The number of carbonyl (C=O) groups is 2. The summed E-state index contributed by atoms with van der Waals surface area (Å²) < 4.78 is 79.4. The summed E-state index contributed by atoms with van der Waals surface area (Å²) in [5.74, 6) is -1.14. The highest BCUT2D eigenvalue weighted by atomic mass is 19.4. The lowest BCUT2D eigenvalue weighted by Gasteiger charge is -2.28. The molecule has 2 aromatic rings. The summed E-state index contributed by atoms with van der Waals surface area (Å²) in [6.45, 7) is 1.01. The monoisotopic (exact) mass is 490 g/mol. The molecule has 2 amide bonds. The van der Waals surface area contributed by atoms with Gasteiger partial charge in [0.05, 0.1) is 24.2 Å². The third-order valence-corrected chi connectivity index (χ3v) is 4.85. The Morgan fingerprint density at radius 1 is 1.09 bits per heavy atom. The average Bonchev–Trinajstić information content (AvgIpc) is 3.35. The maximum atomic E-state index is 13.1. The van der Waals surface area contributed by atoms with Gasteiger partial charge in [0.25, 0.3) is 5.91 Å². The van der Waals surface area contributed by atoms with Gasteiger partial charge in [-0.1, -0.05) is 0 Å². The van der Waals surface area contributed by atoms with Gasteiger partial charge in [-0.05, 0) is 32.3 Å². The number of carbonyl (C=O) groups excluding carboxylic acids is 2. The van der Waals surface area contributed by atoms with E-state index in [0.29, 0.717) is 25.2 Å². The molecule has 34 heavy (non-hydrogen) atoms.